The van der Waals surface area contributed by atoms with Crippen molar-refractivity contribution < 1.29 is 9.59 Å². The molecule has 2 heterocycles. The fraction of sp³-hybridized carbons (Fsp3) is 0.167. The van der Waals surface area contributed by atoms with Gasteiger partial charge in [-0.3, -0.25) is 4.79 Å². The van der Waals surface area contributed by atoms with Gasteiger partial charge in [-0.05, 0) is 45.0 Å². The quantitative estimate of drug-likeness (QED) is 0.396. The number of aryl methyl sites for hydroxylation is 1. The highest BCUT2D eigenvalue weighted by Gasteiger charge is 2.21. The van der Waals surface area contributed by atoms with Gasteiger partial charge in [-0.1, -0.05) is 29.8 Å². The number of fused-ring (bicyclic) bond motifs is 1. The van der Waals surface area contributed by atoms with Crippen molar-refractivity contribution in [1.29, 1.82) is 0 Å². The highest BCUT2D eigenvalue weighted by Crippen LogP contribution is 2.29. The number of nitrogens with zero attached hydrogens (tertiary/aromatic N) is 3. The Kier molecular flexibility index (Phi) is 5.59. The average molecular weight is 428 g/mol. The van der Waals surface area contributed by atoms with Crippen molar-refractivity contribution in [3.05, 3.63) is 77.7 Å². The first-order valence-corrected chi connectivity index (χ1v) is 10.2. The van der Waals surface area contributed by atoms with Gasteiger partial charge in [0.05, 0.1) is 10.9 Å². The molecule has 4 N–H and O–H groups in total. The fourth-order valence-electron chi connectivity index (χ4n) is 3.50. The molecular weight excluding hydrogens is 404 g/mol. The molecule has 0 atom stereocenters. The number of carbonyl (C=O) groups excluding carboxylic acids is 2. The van der Waals surface area contributed by atoms with Gasteiger partial charge < -0.3 is 20.9 Å². The summed E-state index contributed by atoms with van der Waals surface area (Å²) in [6.07, 6.45) is 3.15. The third kappa shape index (κ3) is 4.15. The molecule has 0 aliphatic carbocycles. The Morgan fingerprint density at radius 3 is 2.44 bits per heavy atom. The third-order valence-corrected chi connectivity index (χ3v) is 5.13. The van der Waals surface area contributed by atoms with Crippen LogP contribution in [-0.4, -0.2) is 26.3 Å². The molecule has 0 saturated heterocycles. The second-order valence-electron chi connectivity index (χ2n) is 7.86. The molecule has 8 heteroatoms. The molecule has 162 valence electrons. The number of carbonyl (C=O) groups is 2. The minimum atomic E-state index is -0.396. The molecule has 0 spiro atoms. The van der Waals surface area contributed by atoms with E-state index < -0.39 is 6.03 Å². The van der Waals surface area contributed by atoms with Crippen LogP contribution in [0.3, 0.4) is 0 Å². The van der Waals surface area contributed by atoms with E-state index in [-0.39, 0.29) is 17.6 Å². The Morgan fingerprint density at radius 1 is 1.00 bits per heavy atom. The standard InChI is InChI=1S/C24H24N6O2/c1-14(2)30-12-19(20-22(25)26-13-27-23(20)30)21(31)16-5-4-6-18(11-16)29-24(32)28-17-9-7-15(3)8-10-17/h4-14H,1-3H3,(H2,25,26,27)(H2,28,29,32). The molecule has 0 saturated carbocycles. The normalized spacial score (nSPS) is 11.0. The van der Waals surface area contributed by atoms with Crippen LogP contribution in [0.25, 0.3) is 11.0 Å². The van der Waals surface area contributed by atoms with E-state index in [1.807, 2.05) is 49.6 Å². The lowest BCUT2D eigenvalue weighted by molar-refractivity contribution is 0.104. The van der Waals surface area contributed by atoms with Gasteiger partial charge in [-0.2, -0.15) is 0 Å². The van der Waals surface area contributed by atoms with Crippen LogP contribution < -0.4 is 16.4 Å². The number of nitrogens with one attached hydrogen (secondary N) is 2. The molecule has 4 rings (SSSR count). The number of hydrogen-bond acceptors (Lipinski definition) is 5. The third-order valence-electron chi connectivity index (χ3n) is 5.13. The summed E-state index contributed by atoms with van der Waals surface area (Å²) in [6, 6.07) is 13.9. The van der Waals surface area contributed by atoms with Crippen LogP contribution in [0, 0.1) is 6.92 Å². The zero-order valence-corrected chi connectivity index (χ0v) is 18.1. The van der Waals surface area contributed by atoms with Crippen LogP contribution in [0.1, 0.15) is 41.4 Å². The number of ketones is 1. The predicted molar refractivity (Wildman–Crippen MR) is 126 cm³/mol. The lowest BCUT2D eigenvalue weighted by Crippen LogP contribution is -2.19. The van der Waals surface area contributed by atoms with Crippen LogP contribution in [-0.2, 0) is 0 Å². The van der Waals surface area contributed by atoms with E-state index in [0.29, 0.717) is 33.5 Å². The van der Waals surface area contributed by atoms with E-state index in [1.54, 1.807) is 30.5 Å². The van der Waals surface area contributed by atoms with E-state index in [4.69, 9.17) is 5.73 Å². The van der Waals surface area contributed by atoms with E-state index >= 15 is 0 Å². The number of benzene rings is 2. The number of aromatic nitrogens is 3. The Bertz CT molecular complexity index is 1310. The minimum Gasteiger partial charge on any atom is -0.383 e. The average Bonchev–Trinajstić information content (AvgIpc) is 3.16. The molecule has 4 aromatic rings. The second-order valence-corrected chi connectivity index (χ2v) is 7.86. The van der Waals surface area contributed by atoms with Gasteiger partial charge in [0, 0.05) is 29.2 Å². The number of hydrogen-bond donors (Lipinski definition) is 3. The highest BCUT2D eigenvalue weighted by atomic mass is 16.2. The number of amides is 2. The SMILES string of the molecule is Cc1ccc(NC(=O)Nc2cccc(C(=O)c3cn(C(C)C)c4ncnc(N)c34)c2)cc1. The topological polar surface area (TPSA) is 115 Å². The largest absolute Gasteiger partial charge is 0.383 e. The van der Waals surface area contributed by atoms with Gasteiger partial charge in [0.15, 0.2) is 5.78 Å². The van der Waals surface area contributed by atoms with Crippen molar-refractivity contribution in [2.75, 3.05) is 16.4 Å². The Hall–Kier alpha value is -4.20. The Balaban J connectivity index is 1.60. The molecule has 0 bridgehead atoms. The van der Waals surface area contributed by atoms with E-state index in [1.165, 1.54) is 6.33 Å². The van der Waals surface area contributed by atoms with Gasteiger partial charge in [-0.15, -0.1) is 0 Å². The van der Waals surface area contributed by atoms with Crippen molar-refractivity contribution in [1.82, 2.24) is 14.5 Å². The molecule has 0 aliphatic rings. The number of anilines is 3. The number of nitrogens with two attached hydrogens (primary N) is 1. The summed E-state index contributed by atoms with van der Waals surface area (Å²) in [4.78, 5) is 34.1. The van der Waals surface area contributed by atoms with Crippen LogP contribution in [0.4, 0.5) is 22.0 Å². The summed E-state index contributed by atoms with van der Waals surface area (Å²) in [5.41, 5.74) is 9.82. The zero-order chi connectivity index (χ0) is 22.8. The number of rotatable bonds is 5. The second kappa shape index (κ2) is 8.50. The summed E-state index contributed by atoms with van der Waals surface area (Å²) in [7, 11) is 0. The first-order chi connectivity index (χ1) is 15.3. The van der Waals surface area contributed by atoms with E-state index in [2.05, 4.69) is 20.6 Å². The predicted octanol–water partition coefficient (Wildman–Crippen LogP) is 4.78. The first kappa shape index (κ1) is 21.0. The summed E-state index contributed by atoms with van der Waals surface area (Å²) in [6.45, 7) is 5.98. The van der Waals surface area contributed by atoms with Crippen molar-refractivity contribution in [2.24, 2.45) is 0 Å². The van der Waals surface area contributed by atoms with Crippen LogP contribution in [0.2, 0.25) is 0 Å². The fourth-order valence-corrected chi connectivity index (χ4v) is 3.50. The van der Waals surface area contributed by atoms with Crippen LogP contribution >= 0.6 is 0 Å². The minimum absolute atomic E-state index is 0.0896. The van der Waals surface area contributed by atoms with Gasteiger partial charge in [0.2, 0.25) is 0 Å². The molecule has 2 aromatic heterocycles. The Morgan fingerprint density at radius 2 is 1.72 bits per heavy atom. The molecule has 0 radical (unpaired) electrons. The molecule has 0 fully saturated rings. The maximum atomic E-state index is 13.4. The van der Waals surface area contributed by atoms with Gasteiger partial charge in [0.25, 0.3) is 0 Å². The lowest BCUT2D eigenvalue weighted by atomic mass is 10.0. The molecule has 32 heavy (non-hydrogen) atoms. The molecule has 8 nitrogen and oxygen atoms in total. The highest BCUT2D eigenvalue weighted by molar-refractivity contribution is 6.18. The molecule has 2 amide bonds. The number of urea groups is 1. The van der Waals surface area contributed by atoms with Crippen LogP contribution in [0.15, 0.2) is 61.1 Å². The molecule has 2 aromatic carbocycles. The maximum Gasteiger partial charge on any atom is 0.323 e. The molecule has 0 unspecified atom stereocenters. The monoisotopic (exact) mass is 428 g/mol. The Labute approximate surface area is 185 Å². The summed E-state index contributed by atoms with van der Waals surface area (Å²) in [5.74, 6) is 0.0306. The summed E-state index contributed by atoms with van der Waals surface area (Å²) in [5, 5.41) is 6.07. The first-order valence-electron chi connectivity index (χ1n) is 10.2. The smallest absolute Gasteiger partial charge is 0.323 e. The van der Waals surface area contributed by atoms with Gasteiger partial charge >= 0.3 is 6.03 Å². The van der Waals surface area contributed by atoms with Crippen molar-refractivity contribution in [3.63, 3.8) is 0 Å². The zero-order valence-electron chi connectivity index (χ0n) is 18.1. The van der Waals surface area contributed by atoms with Crippen molar-refractivity contribution >= 4 is 40.0 Å². The molecule has 0 aliphatic heterocycles. The summed E-state index contributed by atoms with van der Waals surface area (Å²) >= 11 is 0. The van der Waals surface area contributed by atoms with E-state index in [9.17, 15) is 9.59 Å². The van der Waals surface area contributed by atoms with Crippen LogP contribution in [0.5, 0.6) is 0 Å². The molecular formula is C24H24N6O2. The van der Waals surface area contributed by atoms with Gasteiger partial charge in [-0.25, -0.2) is 14.8 Å². The van der Waals surface area contributed by atoms with Gasteiger partial charge in [0.1, 0.15) is 17.8 Å². The lowest BCUT2D eigenvalue weighted by Gasteiger charge is -2.09. The summed E-state index contributed by atoms with van der Waals surface area (Å²) < 4.78 is 1.90. The number of nitrogen functional groups attached to an aromatic ring is 1. The van der Waals surface area contributed by atoms with Crippen molar-refractivity contribution in [3.8, 4) is 0 Å². The van der Waals surface area contributed by atoms with Crippen molar-refractivity contribution in [2.45, 2.75) is 26.8 Å². The van der Waals surface area contributed by atoms with E-state index in [0.717, 1.165) is 5.56 Å². The maximum absolute atomic E-state index is 13.4.